The second-order valence-corrected chi connectivity index (χ2v) is 7.17. The van der Waals surface area contributed by atoms with Crippen LogP contribution in [0.1, 0.15) is 49.4 Å². The number of amides is 3. The third-order valence-corrected chi connectivity index (χ3v) is 5.19. The summed E-state index contributed by atoms with van der Waals surface area (Å²) in [7, 11) is 0. The van der Waals surface area contributed by atoms with Crippen LogP contribution in [0.25, 0.3) is 0 Å². The molecule has 2 fully saturated rings. The van der Waals surface area contributed by atoms with Gasteiger partial charge in [0.15, 0.2) is 0 Å². The van der Waals surface area contributed by atoms with Gasteiger partial charge in [0.25, 0.3) is 5.91 Å². The molecule has 1 aromatic carbocycles. The number of rotatable bonds is 6. The lowest BCUT2D eigenvalue weighted by molar-refractivity contribution is -0.132. The van der Waals surface area contributed by atoms with Gasteiger partial charge in [0, 0.05) is 31.1 Å². The summed E-state index contributed by atoms with van der Waals surface area (Å²) in [6.45, 7) is 3.15. The molecule has 3 rings (SSSR count). The molecule has 0 spiro atoms. The highest BCUT2D eigenvalue weighted by Crippen LogP contribution is 2.24. The summed E-state index contributed by atoms with van der Waals surface area (Å²) in [5, 5.41) is 5.96. The molecule has 0 aromatic heterocycles. The number of hydrogen-bond donors (Lipinski definition) is 2. The summed E-state index contributed by atoms with van der Waals surface area (Å²) in [6.07, 6.45) is 3.97. The number of piperidine rings is 1. The van der Waals surface area contributed by atoms with E-state index in [1.54, 1.807) is 12.1 Å². The molecule has 6 heteroatoms. The van der Waals surface area contributed by atoms with Crippen LogP contribution in [0.15, 0.2) is 30.3 Å². The Morgan fingerprint density at radius 3 is 2.31 bits per heavy atom. The highest BCUT2D eigenvalue weighted by atomic mass is 16.2. The van der Waals surface area contributed by atoms with E-state index >= 15 is 0 Å². The van der Waals surface area contributed by atoms with Crippen molar-refractivity contribution in [3.05, 3.63) is 35.9 Å². The van der Waals surface area contributed by atoms with Gasteiger partial charge in [-0.1, -0.05) is 25.1 Å². The van der Waals surface area contributed by atoms with Crippen molar-refractivity contribution in [2.24, 2.45) is 5.92 Å². The first-order valence-corrected chi connectivity index (χ1v) is 9.52. The van der Waals surface area contributed by atoms with Gasteiger partial charge in [0.1, 0.15) is 6.04 Å². The van der Waals surface area contributed by atoms with E-state index in [-0.39, 0.29) is 29.7 Å². The first-order valence-electron chi connectivity index (χ1n) is 9.52. The van der Waals surface area contributed by atoms with E-state index in [2.05, 4.69) is 10.6 Å². The highest BCUT2D eigenvalue weighted by molar-refractivity contribution is 5.97. The molecule has 1 saturated heterocycles. The third kappa shape index (κ3) is 4.62. The van der Waals surface area contributed by atoms with E-state index in [9.17, 15) is 14.4 Å². The fraction of sp³-hybridized carbons (Fsp3) is 0.550. The van der Waals surface area contributed by atoms with E-state index in [4.69, 9.17) is 0 Å². The fourth-order valence-corrected chi connectivity index (χ4v) is 3.44. The van der Waals surface area contributed by atoms with E-state index in [0.29, 0.717) is 25.1 Å². The van der Waals surface area contributed by atoms with Gasteiger partial charge in [-0.2, -0.15) is 0 Å². The number of carbonyl (C=O) groups is 3. The Balaban J connectivity index is 1.66. The second-order valence-electron chi connectivity index (χ2n) is 7.17. The lowest BCUT2D eigenvalue weighted by Crippen LogP contribution is -2.54. The normalized spacial score (nSPS) is 18.9. The van der Waals surface area contributed by atoms with E-state index in [1.165, 1.54) is 0 Å². The maximum absolute atomic E-state index is 12.7. The zero-order valence-electron chi connectivity index (χ0n) is 15.2. The van der Waals surface area contributed by atoms with Crippen LogP contribution < -0.4 is 10.6 Å². The lowest BCUT2D eigenvalue weighted by Gasteiger charge is -2.35. The van der Waals surface area contributed by atoms with Gasteiger partial charge in [-0.15, -0.1) is 0 Å². The Labute approximate surface area is 154 Å². The van der Waals surface area contributed by atoms with Crippen molar-refractivity contribution in [1.29, 1.82) is 0 Å². The Morgan fingerprint density at radius 1 is 1.08 bits per heavy atom. The molecule has 1 aliphatic carbocycles. The molecule has 1 aliphatic heterocycles. The van der Waals surface area contributed by atoms with Gasteiger partial charge >= 0.3 is 0 Å². The van der Waals surface area contributed by atoms with Crippen LogP contribution in [0.2, 0.25) is 0 Å². The van der Waals surface area contributed by atoms with Gasteiger partial charge in [0.2, 0.25) is 11.8 Å². The molecule has 1 heterocycles. The molecule has 6 nitrogen and oxygen atoms in total. The van der Waals surface area contributed by atoms with Gasteiger partial charge in [-0.3, -0.25) is 14.4 Å². The summed E-state index contributed by atoms with van der Waals surface area (Å²) in [5.41, 5.74) is 0.551. The maximum Gasteiger partial charge on any atom is 0.251 e. The van der Waals surface area contributed by atoms with Crippen LogP contribution in [-0.4, -0.2) is 47.8 Å². The Hall–Kier alpha value is -2.37. The molecule has 0 bridgehead atoms. The van der Waals surface area contributed by atoms with Crippen molar-refractivity contribution in [2.45, 2.75) is 51.1 Å². The average Bonchev–Trinajstić information content (AvgIpc) is 3.50. The second kappa shape index (κ2) is 8.34. The lowest BCUT2D eigenvalue weighted by atomic mass is 9.88. The minimum atomic E-state index is -0.554. The van der Waals surface area contributed by atoms with E-state index in [1.807, 2.05) is 30.0 Å². The SMILES string of the molecule is CCC(=O)N1CCC(C(NC(=O)c2ccccc2)C(=O)NC2CC2)CC1. The van der Waals surface area contributed by atoms with Crippen LogP contribution in [0.5, 0.6) is 0 Å². The predicted octanol–water partition coefficient (Wildman–Crippen LogP) is 1.71. The van der Waals surface area contributed by atoms with Gasteiger partial charge < -0.3 is 15.5 Å². The van der Waals surface area contributed by atoms with Crippen LogP contribution in [-0.2, 0) is 9.59 Å². The maximum atomic E-state index is 12.7. The van der Waals surface area contributed by atoms with Gasteiger partial charge in [-0.05, 0) is 43.7 Å². The summed E-state index contributed by atoms with van der Waals surface area (Å²) in [5.74, 6) is -0.135. The quantitative estimate of drug-likeness (QED) is 0.814. The minimum Gasteiger partial charge on any atom is -0.352 e. The summed E-state index contributed by atoms with van der Waals surface area (Å²) < 4.78 is 0. The van der Waals surface area contributed by atoms with Gasteiger partial charge in [-0.25, -0.2) is 0 Å². The van der Waals surface area contributed by atoms with Crippen LogP contribution in [0.4, 0.5) is 0 Å². The molecule has 2 N–H and O–H groups in total. The number of benzene rings is 1. The standard InChI is InChI=1S/C20H27N3O3/c1-2-17(24)23-12-10-14(11-13-23)18(20(26)21-16-8-9-16)22-19(25)15-6-4-3-5-7-15/h3-7,14,16,18H,2,8-13H2,1H3,(H,21,26)(H,22,25). The zero-order valence-corrected chi connectivity index (χ0v) is 15.2. The van der Waals surface area contributed by atoms with Crippen LogP contribution in [0.3, 0.4) is 0 Å². The molecule has 1 unspecified atom stereocenters. The summed E-state index contributed by atoms with van der Waals surface area (Å²) in [6, 6.07) is 8.66. The van der Waals surface area contributed by atoms with Crippen molar-refractivity contribution >= 4 is 17.7 Å². The minimum absolute atomic E-state index is 0.0438. The third-order valence-electron chi connectivity index (χ3n) is 5.19. The number of nitrogens with one attached hydrogen (secondary N) is 2. The highest BCUT2D eigenvalue weighted by Gasteiger charge is 2.36. The van der Waals surface area contributed by atoms with Crippen molar-refractivity contribution < 1.29 is 14.4 Å². The smallest absolute Gasteiger partial charge is 0.251 e. The van der Waals surface area contributed by atoms with Crippen molar-refractivity contribution in [3.8, 4) is 0 Å². The molecular formula is C20H27N3O3. The van der Waals surface area contributed by atoms with Crippen LogP contribution >= 0.6 is 0 Å². The predicted molar refractivity (Wildman–Crippen MR) is 98.5 cm³/mol. The molecule has 140 valence electrons. The van der Waals surface area contributed by atoms with Gasteiger partial charge in [0.05, 0.1) is 0 Å². The largest absolute Gasteiger partial charge is 0.352 e. The van der Waals surface area contributed by atoms with E-state index in [0.717, 1.165) is 25.7 Å². The fourth-order valence-electron chi connectivity index (χ4n) is 3.44. The van der Waals surface area contributed by atoms with Crippen molar-refractivity contribution in [1.82, 2.24) is 15.5 Å². The zero-order chi connectivity index (χ0) is 18.5. The molecule has 1 aromatic rings. The van der Waals surface area contributed by atoms with E-state index < -0.39 is 6.04 Å². The molecule has 3 amide bonds. The molecular weight excluding hydrogens is 330 g/mol. The average molecular weight is 357 g/mol. The Morgan fingerprint density at radius 2 is 1.73 bits per heavy atom. The van der Waals surface area contributed by atoms with Crippen molar-refractivity contribution in [3.63, 3.8) is 0 Å². The molecule has 0 radical (unpaired) electrons. The monoisotopic (exact) mass is 357 g/mol. The Kier molecular flexibility index (Phi) is 5.91. The molecule has 1 atom stereocenters. The number of carbonyl (C=O) groups excluding carboxylic acids is 3. The number of hydrogen-bond acceptors (Lipinski definition) is 3. The summed E-state index contributed by atoms with van der Waals surface area (Å²) in [4.78, 5) is 39.0. The topological polar surface area (TPSA) is 78.5 Å². The summed E-state index contributed by atoms with van der Waals surface area (Å²) >= 11 is 0. The first kappa shape index (κ1) is 18.4. The first-order chi connectivity index (χ1) is 12.6. The number of likely N-dealkylation sites (tertiary alicyclic amines) is 1. The molecule has 26 heavy (non-hydrogen) atoms. The van der Waals surface area contributed by atoms with Crippen molar-refractivity contribution in [2.75, 3.05) is 13.1 Å². The molecule has 1 saturated carbocycles. The molecule has 2 aliphatic rings. The Bertz CT molecular complexity index is 650. The van der Waals surface area contributed by atoms with Crippen LogP contribution in [0, 0.1) is 5.92 Å². The number of nitrogens with zero attached hydrogens (tertiary/aromatic N) is 1.